The molecule has 0 atom stereocenters. The molecular formula is C12H15BrN4S. The van der Waals surface area contributed by atoms with Crippen LogP contribution in [0.4, 0.5) is 5.82 Å². The van der Waals surface area contributed by atoms with E-state index in [1.807, 2.05) is 0 Å². The van der Waals surface area contributed by atoms with Crippen LogP contribution in [0.1, 0.15) is 12.8 Å². The predicted molar refractivity (Wildman–Crippen MR) is 79.0 cm³/mol. The van der Waals surface area contributed by atoms with Crippen molar-refractivity contribution in [3.63, 3.8) is 0 Å². The molecule has 0 saturated carbocycles. The lowest BCUT2D eigenvalue weighted by atomic mass is 10.1. The Balaban J connectivity index is 1.77. The van der Waals surface area contributed by atoms with Crippen LogP contribution in [0, 0.1) is 0 Å². The number of aromatic amines is 1. The molecule has 2 aromatic heterocycles. The number of piperidine rings is 1. The van der Waals surface area contributed by atoms with Crippen LogP contribution in [0.2, 0.25) is 0 Å². The Morgan fingerprint density at radius 1 is 1.39 bits per heavy atom. The van der Waals surface area contributed by atoms with Crippen molar-refractivity contribution < 1.29 is 0 Å². The van der Waals surface area contributed by atoms with Crippen molar-refractivity contribution in [2.45, 2.75) is 18.9 Å². The molecule has 3 heterocycles. The van der Waals surface area contributed by atoms with E-state index in [2.05, 4.69) is 49.2 Å². The number of anilines is 1. The van der Waals surface area contributed by atoms with Crippen molar-refractivity contribution in [2.75, 3.05) is 18.0 Å². The van der Waals surface area contributed by atoms with E-state index in [1.165, 1.54) is 4.88 Å². The van der Waals surface area contributed by atoms with Crippen LogP contribution >= 0.6 is 27.3 Å². The Morgan fingerprint density at radius 3 is 2.83 bits per heavy atom. The quantitative estimate of drug-likeness (QED) is 0.892. The smallest absolute Gasteiger partial charge is 0.151 e. The zero-order valence-corrected chi connectivity index (χ0v) is 12.3. The molecule has 4 nitrogen and oxygen atoms in total. The highest BCUT2D eigenvalue weighted by molar-refractivity contribution is 9.11. The Bertz CT molecular complexity index is 528. The van der Waals surface area contributed by atoms with Crippen molar-refractivity contribution in [3.8, 4) is 10.6 Å². The highest BCUT2D eigenvalue weighted by Crippen LogP contribution is 2.31. The van der Waals surface area contributed by atoms with Crippen LogP contribution in [-0.4, -0.2) is 29.3 Å². The van der Waals surface area contributed by atoms with E-state index in [9.17, 15) is 0 Å². The van der Waals surface area contributed by atoms with Crippen molar-refractivity contribution >= 4 is 33.1 Å². The normalized spacial score (nSPS) is 17.3. The summed E-state index contributed by atoms with van der Waals surface area (Å²) in [6, 6.07) is 6.63. The molecule has 1 fully saturated rings. The molecule has 3 N–H and O–H groups in total. The van der Waals surface area contributed by atoms with Gasteiger partial charge in [0.05, 0.1) is 14.4 Å². The topological polar surface area (TPSA) is 57.9 Å². The molecule has 0 spiro atoms. The fourth-order valence-corrected chi connectivity index (χ4v) is 3.54. The molecule has 2 aromatic rings. The summed E-state index contributed by atoms with van der Waals surface area (Å²) >= 11 is 5.19. The highest BCUT2D eigenvalue weighted by atomic mass is 79.9. The number of nitrogens with zero attached hydrogens (tertiary/aromatic N) is 2. The van der Waals surface area contributed by atoms with E-state index >= 15 is 0 Å². The minimum absolute atomic E-state index is 0.355. The Morgan fingerprint density at radius 2 is 2.17 bits per heavy atom. The van der Waals surface area contributed by atoms with Gasteiger partial charge in [-0.25, -0.2) is 0 Å². The van der Waals surface area contributed by atoms with E-state index in [0.717, 1.165) is 41.2 Å². The van der Waals surface area contributed by atoms with Crippen molar-refractivity contribution in [1.29, 1.82) is 0 Å². The highest BCUT2D eigenvalue weighted by Gasteiger charge is 2.18. The van der Waals surface area contributed by atoms with Gasteiger partial charge in [-0.1, -0.05) is 0 Å². The van der Waals surface area contributed by atoms with Gasteiger partial charge in [0.1, 0.15) is 0 Å². The standard InChI is InChI=1S/C12H15BrN4S/c13-11-2-1-10(18-11)9-7-12(16-15-9)17-5-3-8(14)4-6-17/h1-2,7-8H,3-6,14H2,(H,15,16). The maximum atomic E-state index is 5.92. The maximum Gasteiger partial charge on any atom is 0.151 e. The van der Waals surface area contributed by atoms with Gasteiger partial charge in [0.25, 0.3) is 0 Å². The van der Waals surface area contributed by atoms with Crippen molar-refractivity contribution in [3.05, 3.63) is 22.0 Å². The molecule has 0 radical (unpaired) electrons. The van der Waals surface area contributed by atoms with Gasteiger partial charge in [0, 0.05) is 25.2 Å². The molecule has 1 aliphatic heterocycles. The monoisotopic (exact) mass is 326 g/mol. The third kappa shape index (κ3) is 2.46. The van der Waals surface area contributed by atoms with Crippen LogP contribution in [0.3, 0.4) is 0 Å². The number of H-pyrrole nitrogens is 1. The molecule has 0 bridgehead atoms. The number of hydrogen-bond acceptors (Lipinski definition) is 4. The zero-order valence-electron chi connectivity index (χ0n) is 9.90. The number of aromatic nitrogens is 2. The zero-order chi connectivity index (χ0) is 12.5. The van der Waals surface area contributed by atoms with E-state index in [1.54, 1.807) is 11.3 Å². The molecule has 96 valence electrons. The Kier molecular flexibility index (Phi) is 3.41. The van der Waals surface area contributed by atoms with Gasteiger partial charge in [-0.05, 0) is 40.9 Å². The fourth-order valence-electron chi connectivity index (χ4n) is 2.19. The minimum atomic E-state index is 0.355. The first-order valence-corrected chi connectivity index (χ1v) is 7.65. The number of halogens is 1. The third-order valence-electron chi connectivity index (χ3n) is 3.27. The molecule has 0 unspecified atom stereocenters. The second-order valence-corrected chi connectivity index (χ2v) is 7.03. The summed E-state index contributed by atoms with van der Waals surface area (Å²) in [4.78, 5) is 3.50. The van der Waals surface area contributed by atoms with Gasteiger partial charge < -0.3 is 10.6 Å². The average Bonchev–Trinajstić information content (AvgIpc) is 2.98. The van der Waals surface area contributed by atoms with Crippen LogP contribution in [-0.2, 0) is 0 Å². The minimum Gasteiger partial charge on any atom is -0.355 e. The van der Waals surface area contributed by atoms with Gasteiger partial charge >= 0.3 is 0 Å². The fraction of sp³-hybridized carbons (Fsp3) is 0.417. The summed E-state index contributed by atoms with van der Waals surface area (Å²) in [5.74, 6) is 1.03. The van der Waals surface area contributed by atoms with Gasteiger partial charge in [-0.15, -0.1) is 11.3 Å². The maximum absolute atomic E-state index is 5.92. The predicted octanol–water partition coefficient (Wildman–Crippen LogP) is 2.83. The molecule has 0 amide bonds. The average molecular weight is 327 g/mol. The summed E-state index contributed by atoms with van der Waals surface area (Å²) in [6.45, 7) is 2.00. The molecule has 18 heavy (non-hydrogen) atoms. The first kappa shape index (κ1) is 12.2. The molecule has 1 aliphatic rings. The molecule has 0 aromatic carbocycles. The van der Waals surface area contributed by atoms with E-state index in [-0.39, 0.29) is 0 Å². The number of hydrogen-bond donors (Lipinski definition) is 2. The van der Waals surface area contributed by atoms with Gasteiger partial charge in [-0.2, -0.15) is 5.10 Å². The van der Waals surface area contributed by atoms with Gasteiger partial charge in [-0.3, -0.25) is 5.10 Å². The third-order valence-corrected chi connectivity index (χ3v) is 4.92. The lowest BCUT2D eigenvalue weighted by molar-refractivity contribution is 0.498. The van der Waals surface area contributed by atoms with E-state index in [4.69, 9.17) is 5.73 Å². The first-order valence-electron chi connectivity index (χ1n) is 6.04. The van der Waals surface area contributed by atoms with Crippen LogP contribution in [0.15, 0.2) is 22.0 Å². The summed E-state index contributed by atoms with van der Waals surface area (Å²) in [5, 5.41) is 7.51. The first-order chi connectivity index (χ1) is 8.72. The Labute approximate surface area is 118 Å². The lowest BCUT2D eigenvalue weighted by Crippen LogP contribution is -2.39. The second kappa shape index (κ2) is 5.03. The molecule has 6 heteroatoms. The number of rotatable bonds is 2. The largest absolute Gasteiger partial charge is 0.355 e. The lowest BCUT2D eigenvalue weighted by Gasteiger charge is -2.29. The molecule has 3 rings (SSSR count). The summed E-state index contributed by atoms with van der Waals surface area (Å²) < 4.78 is 1.14. The van der Waals surface area contributed by atoms with Crippen LogP contribution in [0.5, 0.6) is 0 Å². The summed E-state index contributed by atoms with van der Waals surface area (Å²) in [6.07, 6.45) is 2.10. The molecule has 1 saturated heterocycles. The molecular weight excluding hydrogens is 312 g/mol. The summed E-state index contributed by atoms with van der Waals surface area (Å²) in [5.41, 5.74) is 6.99. The van der Waals surface area contributed by atoms with Gasteiger partial charge in [0.15, 0.2) is 5.82 Å². The number of thiophene rings is 1. The summed E-state index contributed by atoms with van der Waals surface area (Å²) in [7, 11) is 0. The van der Waals surface area contributed by atoms with Crippen LogP contribution in [0.25, 0.3) is 10.6 Å². The Hall–Kier alpha value is -0.850. The van der Waals surface area contributed by atoms with Crippen molar-refractivity contribution in [1.82, 2.24) is 10.2 Å². The van der Waals surface area contributed by atoms with E-state index in [0.29, 0.717) is 6.04 Å². The number of nitrogens with one attached hydrogen (secondary N) is 1. The SMILES string of the molecule is NC1CCN(c2cc(-c3ccc(Br)s3)[nH]n2)CC1. The van der Waals surface area contributed by atoms with Crippen molar-refractivity contribution in [2.24, 2.45) is 5.73 Å². The van der Waals surface area contributed by atoms with E-state index < -0.39 is 0 Å². The number of nitrogens with two attached hydrogens (primary N) is 1. The van der Waals surface area contributed by atoms with Crippen LogP contribution < -0.4 is 10.6 Å². The van der Waals surface area contributed by atoms with Gasteiger partial charge in [0.2, 0.25) is 0 Å². The second-order valence-electron chi connectivity index (χ2n) is 4.57. The molecule has 0 aliphatic carbocycles.